The third-order valence-corrected chi connectivity index (χ3v) is 1.48. The maximum Gasteiger partial charge on any atom is 0.331 e. The Labute approximate surface area is 67.2 Å². The lowest BCUT2D eigenvalue weighted by molar-refractivity contribution is -0.132. The van der Waals surface area contributed by atoms with E-state index in [0.29, 0.717) is 11.5 Å². The van der Waals surface area contributed by atoms with Gasteiger partial charge >= 0.3 is 5.97 Å². The van der Waals surface area contributed by atoms with E-state index in [9.17, 15) is 4.79 Å². The van der Waals surface area contributed by atoms with E-state index in [0.717, 1.165) is 5.57 Å². The van der Waals surface area contributed by atoms with Crippen molar-refractivity contribution < 1.29 is 9.90 Å². The van der Waals surface area contributed by atoms with Crippen LogP contribution in [0.5, 0.6) is 0 Å². The monoisotopic (exact) mass is 154 g/mol. The molecule has 0 saturated heterocycles. The fraction of sp³-hybridized carbons (Fsp3) is 0.444. The van der Waals surface area contributed by atoms with Crippen LogP contribution in [-0.2, 0) is 4.79 Å². The summed E-state index contributed by atoms with van der Waals surface area (Å²) in [7, 11) is 0. The summed E-state index contributed by atoms with van der Waals surface area (Å²) in [6.45, 7) is 9.26. The highest BCUT2D eigenvalue weighted by molar-refractivity contribution is 5.86. The Hall–Kier alpha value is -1.05. The molecule has 0 aromatic rings. The van der Waals surface area contributed by atoms with Crippen molar-refractivity contribution in [2.75, 3.05) is 0 Å². The lowest BCUT2D eigenvalue weighted by Crippen LogP contribution is -1.98. The molecule has 0 aromatic carbocycles. The zero-order chi connectivity index (χ0) is 9.02. The van der Waals surface area contributed by atoms with E-state index >= 15 is 0 Å². The molecule has 0 amide bonds. The van der Waals surface area contributed by atoms with Crippen LogP contribution in [0.1, 0.15) is 20.8 Å². The number of carboxylic acid groups (broad SMARTS) is 1. The second kappa shape index (κ2) is 3.96. The number of hydrogen-bond donors (Lipinski definition) is 1. The number of carbonyl (C=O) groups is 1. The lowest BCUT2D eigenvalue weighted by atomic mass is 10.0. The molecule has 0 atom stereocenters. The van der Waals surface area contributed by atoms with Crippen LogP contribution in [0.15, 0.2) is 23.8 Å². The molecule has 0 rings (SSSR count). The standard InChI is InChI=1S/C9H14O2/c1-6(2)7(3)5-8(4)9(10)11/h5-6H,3H2,1-2,4H3,(H,10,11)/b8-5+. The Morgan fingerprint density at radius 1 is 1.55 bits per heavy atom. The van der Waals surface area contributed by atoms with E-state index in [1.165, 1.54) is 0 Å². The van der Waals surface area contributed by atoms with Crippen molar-refractivity contribution in [3.8, 4) is 0 Å². The van der Waals surface area contributed by atoms with Crippen LogP contribution in [0.25, 0.3) is 0 Å². The van der Waals surface area contributed by atoms with Crippen LogP contribution < -0.4 is 0 Å². The number of hydrogen-bond acceptors (Lipinski definition) is 1. The molecule has 0 bridgehead atoms. The van der Waals surface area contributed by atoms with Gasteiger partial charge in [0.1, 0.15) is 0 Å². The second-order valence-corrected chi connectivity index (χ2v) is 2.86. The molecule has 11 heavy (non-hydrogen) atoms. The highest BCUT2D eigenvalue weighted by Crippen LogP contribution is 2.10. The molecule has 2 heteroatoms. The van der Waals surface area contributed by atoms with Crippen LogP contribution in [0, 0.1) is 5.92 Å². The summed E-state index contributed by atoms with van der Waals surface area (Å²) >= 11 is 0. The highest BCUT2D eigenvalue weighted by atomic mass is 16.4. The summed E-state index contributed by atoms with van der Waals surface area (Å²) in [4.78, 5) is 10.3. The average molecular weight is 154 g/mol. The Bertz CT molecular complexity index is 200. The molecule has 0 saturated carbocycles. The van der Waals surface area contributed by atoms with Gasteiger partial charge in [-0.3, -0.25) is 0 Å². The van der Waals surface area contributed by atoms with Crippen LogP contribution in [0.4, 0.5) is 0 Å². The number of rotatable bonds is 3. The molecule has 0 aliphatic rings. The highest BCUT2D eigenvalue weighted by Gasteiger charge is 2.02. The van der Waals surface area contributed by atoms with Crippen molar-refractivity contribution >= 4 is 5.97 Å². The fourth-order valence-corrected chi connectivity index (χ4v) is 0.506. The van der Waals surface area contributed by atoms with Crippen molar-refractivity contribution in [1.82, 2.24) is 0 Å². The van der Waals surface area contributed by atoms with Crippen molar-refractivity contribution in [2.45, 2.75) is 20.8 Å². The SMILES string of the molecule is C=C(/C=C(\C)C(=O)O)C(C)C. The largest absolute Gasteiger partial charge is 0.478 e. The van der Waals surface area contributed by atoms with Gasteiger partial charge in [0.15, 0.2) is 0 Å². The van der Waals surface area contributed by atoms with E-state index in [2.05, 4.69) is 6.58 Å². The van der Waals surface area contributed by atoms with Crippen LogP contribution in [-0.4, -0.2) is 11.1 Å². The van der Waals surface area contributed by atoms with Gasteiger partial charge in [0.2, 0.25) is 0 Å². The smallest absolute Gasteiger partial charge is 0.331 e. The minimum Gasteiger partial charge on any atom is -0.478 e. The van der Waals surface area contributed by atoms with Crippen molar-refractivity contribution in [3.05, 3.63) is 23.8 Å². The number of allylic oxidation sites excluding steroid dienone is 2. The van der Waals surface area contributed by atoms with Crippen molar-refractivity contribution in [3.63, 3.8) is 0 Å². The van der Waals surface area contributed by atoms with Gasteiger partial charge in [-0.25, -0.2) is 4.79 Å². The third-order valence-electron chi connectivity index (χ3n) is 1.48. The maximum atomic E-state index is 10.3. The second-order valence-electron chi connectivity index (χ2n) is 2.86. The van der Waals surface area contributed by atoms with Crippen molar-refractivity contribution in [1.29, 1.82) is 0 Å². The molecule has 0 aromatic heterocycles. The topological polar surface area (TPSA) is 37.3 Å². The molecule has 0 spiro atoms. The van der Waals surface area contributed by atoms with E-state index < -0.39 is 5.97 Å². The molecule has 0 fully saturated rings. The predicted octanol–water partition coefficient (Wildman–Crippen LogP) is 2.23. The molecule has 0 aliphatic carbocycles. The molecular formula is C9H14O2. The van der Waals surface area contributed by atoms with Gasteiger partial charge in [-0.1, -0.05) is 26.0 Å². The van der Waals surface area contributed by atoms with Crippen LogP contribution >= 0.6 is 0 Å². The zero-order valence-corrected chi connectivity index (χ0v) is 7.22. The first-order valence-electron chi connectivity index (χ1n) is 3.55. The summed E-state index contributed by atoms with van der Waals surface area (Å²) < 4.78 is 0. The normalized spacial score (nSPS) is 11.8. The van der Waals surface area contributed by atoms with Gasteiger partial charge in [0.25, 0.3) is 0 Å². The molecule has 0 aliphatic heterocycles. The van der Waals surface area contributed by atoms with Gasteiger partial charge in [0, 0.05) is 5.57 Å². The van der Waals surface area contributed by atoms with Gasteiger partial charge in [-0.05, 0) is 18.9 Å². The Morgan fingerprint density at radius 3 is 2.27 bits per heavy atom. The van der Waals surface area contributed by atoms with Crippen LogP contribution in [0.3, 0.4) is 0 Å². The van der Waals surface area contributed by atoms with E-state index in [1.807, 2.05) is 13.8 Å². The Kier molecular flexibility index (Phi) is 3.58. The lowest BCUT2D eigenvalue weighted by Gasteiger charge is -2.03. The van der Waals surface area contributed by atoms with Gasteiger partial charge in [0.05, 0.1) is 0 Å². The molecule has 1 N–H and O–H groups in total. The van der Waals surface area contributed by atoms with Gasteiger partial charge < -0.3 is 5.11 Å². The van der Waals surface area contributed by atoms with E-state index in [4.69, 9.17) is 5.11 Å². The summed E-state index contributed by atoms with van der Waals surface area (Å²) in [6.07, 6.45) is 1.60. The summed E-state index contributed by atoms with van der Waals surface area (Å²) in [6, 6.07) is 0. The maximum absolute atomic E-state index is 10.3. The summed E-state index contributed by atoms with van der Waals surface area (Å²) in [5.74, 6) is -0.573. The first-order chi connectivity index (χ1) is 4.95. The zero-order valence-electron chi connectivity index (χ0n) is 7.22. The average Bonchev–Trinajstić information content (AvgIpc) is 1.87. The molecule has 0 radical (unpaired) electrons. The quantitative estimate of drug-likeness (QED) is 0.500. The Balaban J connectivity index is 4.32. The van der Waals surface area contributed by atoms with Crippen LogP contribution in [0.2, 0.25) is 0 Å². The fourth-order valence-electron chi connectivity index (χ4n) is 0.506. The predicted molar refractivity (Wildman–Crippen MR) is 45.4 cm³/mol. The molecule has 0 heterocycles. The van der Waals surface area contributed by atoms with Gasteiger partial charge in [-0.15, -0.1) is 0 Å². The first-order valence-corrected chi connectivity index (χ1v) is 3.55. The number of carboxylic acids is 1. The minimum atomic E-state index is -0.883. The van der Waals surface area contributed by atoms with E-state index in [-0.39, 0.29) is 0 Å². The third kappa shape index (κ3) is 3.61. The number of aliphatic carboxylic acids is 1. The van der Waals surface area contributed by atoms with Crippen molar-refractivity contribution in [2.24, 2.45) is 5.92 Å². The molecule has 0 unspecified atom stereocenters. The van der Waals surface area contributed by atoms with Gasteiger partial charge in [-0.2, -0.15) is 0 Å². The first kappa shape index (κ1) is 9.95. The Morgan fingerprint density at radius 2 is 2.00 bits per heavy atom. The summed E-state index contributed by atoms with van der Waals surface area (Å²) in [5.41, 5.74) is 1.19. The molecule has 2 nitrogen and oxygen atoms in total. The van der Waals surface area contributed by atoms with E-state index in [1.54, 1.807) is 13.0 Å². The minimum absolute atomic E-state index is 0.310. The summed E-state index contributed by atoms with van der Waals surface area (Å²) in [5, 5.41) is 8.50. The molecule has 62 valence electrons. The molecular weight excluding hydrogens is 140 g/mol.